The lowest BCUT2D eigenvalue weighted by Gasteiger charge is -2.40. The first-order valence-electron chi connectivity index (χ1n) is 10.6. The predicted molar refractivity (Wildman–Crippen MR) is 124 cm³/mol. The number of hydrogen-bond acceptors (Lipinski definition) is 3. The molecule has 172 valence electrons. The SMILES string of the molecule is C=CC[C@H]1CON(c2ccc(Oc3ccc(Cl)cc3)cc2)[C@@H](c2cccc(C(F)(F)F)c2)C1. The van der Waals surface area contributed by atoms with E-state index in [0.717, 1.165) is 18.2 Å². The van der Waals surface area contributed by atoms with Crippen LogP contribution in [0.25, 0.3) is 0 Å². The molecule has 1 fully saturated rings. The van der Waals surface area contributed by atoms with Crippen LogP contribution in [0.1, 0.15) is 30.0 Å². The van der Waals surface area contributed by atoms with Crippen molar-refractivity contribution >= 4 is 17.3 Å². The number of hydroxylamine groups is 1. The summed E-state index contributed by atoms with van der Waals surface area (Å²) in [5.74, 6) is 1.44. The van der Waals surface area contributed by atoms with Crippen LogP contribution >= 0.6 is 11.6 Å². The van der Waals surface area contributed by atoms with Crippen molar-refractivity contribution in [1.82, 2.24) is 0 Å². The number of ether oxygens (including phenoxy) is 1. The Hall–Kier alpha value is -2.96. The molecule has 0 saturated carbocycles. The van der Waals surface area contributed by atoms with Gasteiger partial charge in [0, 0.05) is 5.02 Å². The summed E-state index contributed by atoms with van der Waals surface area (Å²) in [6, 6.07) is 19.4. The molecule has 3 aromatic rings. The molecule has 1 saturated heterocycles. The first-order chi connectivity index (χ1) is 15.8. The molecule has 2 atom stereocenters. The number of benzene rings is 3. The summed E-state index contributed by atoms with van der Waals surface area (Å²) in [5.41, 5.74) is 0.621. The van der Waals surface area contributed by atoms with Crippen LogP contribution in [0.3, 0.4) is 0 Å². The van der Waals surface area contributed by atoms with Crippen molar-refractivity contribution in [1.29, 1.82) is 0 Å². The molecule has 0 radical (unpaired) electrons. The summed E-state index contributed by atoms with van der Waals surface area (Å²) in [6.07, 6.45) is -1.21. The summed E-state index contributed by atoms with van der Waals surface area (Å²) in [4.78, 5) is 6.04. The molecule has 1 heterocycles. The zero-order valence-corrected chi connectivity index (χ0v) is 18.5. The molecule has 33 heavy (non-hydrogen) atoms. The van der Waals surface area contributed by atoms with Crippen LogP contribution in [0.4, 0.5) is 18.9 Å². The second-order valence-electron chi connectivity index (χ2n) is 7.94. The van der Waals surface area contributed by atoms with Crippen LogP contribution in [-0.2, 0) is 11.0 Å². The Morgan fingerprint density at radius 1 is 1.03 bits per heavy atom. The smallest absolute Gasteiger partial charge is 0.416 e. The highest BCUT2D eigenvalue weighted by Crippen LogP contribution is 2.40. The van der Waals surface area contributed by atoms with Gasteiger partial charge in [-0.05, 0) is 85.0 Å². The third kappa shape index (κ3) is 5.70. The maximum Gasteiger partial charge on any atom is 0.416 e. The molecule has 0 spiro atoms. The first-order valence-corrected chi connectivity index (χ1v) is 10.9. The van der Waals surface area contributed by atoms with Gasteiger partial charge in [-0.1, -0.05) is 29.8 Å². The van der Waals surface area contributed by atoms with E-state index in [1.165, 1.54) is 12.1 Å². The summed E-state index contributed by atoms with van der Waals surface area (Å²) >= 11 is 5.91. The highest BCUT2D eigenvalue weighted by atomic mass is 35.5. The third-order valence-electron chi connectivity index (χ3n) is 5.53. The maximum absolute atomic E-state index is 13.3. The highest BCUT2D eigenvalue weighted by Gasteiger charge is 2.34. The standard InChI is InChI=1S/C26H23ClF3NO2/c1-2-4-18-15-25(19-5-3-6-20(16-19)26(28,29)30)31(32-17-18)22-9-13-24(14-10-22)33-23-11-7-21(27)8-12-23/h2-3,5-14,16,18,25H,1,4,15,17H2/t18-,25-/m1/s1. The lowest BCUT2D eigenvalue weighted by Crippen LogP contribution is -2.38. The molecule has 0 amide bonds. The summed E-state index contributed by atoms with van der Waals surface area (Å²) in [7, 11) is 0. The molecule has 0 bridgehead atoms. The molecule has 0 aromatic heterocycles. The Labute approximate surface area is 196 Å². The highest BCUT2D eigenvalue weighted by molar-refractivity contribution is 6.30. The van der Waals surface area contributed by atoms with E-state index in [9.17, 15) is 13.2 Å². The van der Waals surface area contributed by atoms with Gasteiger partial charge >= 0.3 is 6.18 Å². The van der Waals surface area contributed by atoms with E-state index in [0.29, 0.717) is 35.1 Å². The molecule has 0 aliphatic carbocycles. The van der Waals surface area contributed by atoms with Gasteiger partial charge in [0.05, 0.1) is 23.9 Å². The lowest BCUT2D eigenvalue weighted by molar-refractivity contribution is -0.137. The number of rotatable bonds is 6. The van der Waals surface area contributed by atoms with Crippen molar-refractivity contribution < 1.29 is 22.7 Å². The molecule has 0 N–H and O–H groups in total. The normalized spacial score (nSPS) is 18.7. The van der Waals surface area contributed by atoms with Crippen molar-refractivity contribution in [3.8, 4) is 11.5 Å². The summed E-state index contributed by atoms with van der Waals surface area (Å²) in [6.45, 7) is 4.25. The van der Waals surface area contributed by atoms with Crippen LogP contribution in [0.5, 0.6) is 11.5 Å². The molecule has 3 aromatic carbocycles. The van der Waals surface area contributed by atoms with Crippen LogP contribution in [0.15, 0.2) is 85.5 Å². The number of halogens is 4. The second-order valence-corrected chi connectivity index (χ2v) is 8.37. The Bertz CT molecular complexity index is 1080. The lowest BCUT2D eigenvalue weighted by atomic mass is 9.90. The second kappa shape index (κ2) is 9.89. The van der Waals surface area contributed by atoms with Crippen molar-refractivity contribution in [2.75, 3.05) is 11.7 Å². The van der Waals surface area contributed by atoms with Gasteiger partial charge < -0.3 is 4.74 Å². The number of anilines is 1. The zero-order chi connectivity index (χ0) is 23.4. The molecular formula is C26H23ClF3NO2. The van der Waals surface area contributed by atoms with E-state index in [2.05, 4.69) is 6.58 Å². The van der Waals surface area contributed by atoms with Crippen molar-refractivity contribution in [2.24, 2.45) is 5.92 Å². The van der Waals surface area contributed by atoms with Gasteiger partial charge in [-0.3, -0.25) is 4.84 Å². The van der Waals surface area contributed by atoms with Crippen molar-refractivity contribution in [3.05, 3.63) is 102 Å². The zero-order valence-electron chi connectivity index (χ0n) is 17.8. The van der Waals surface area contributed by atoms with Gasteiger partial charge in [0.1, 0.15) is 11.5 Å². The minimum Gasteiger partial charge on any atom is -0.457 e. The molecule has 3 nitrogen and oxygen atoms in total. The van der Waals surface area contributed by atoms with Gasteiger partial charge in [0.25, 0.3) is 0 Å². The van der Waals surface area contributed by atoms with E-state index in [-0.39, 0.29) is 12.0 Å². The Morgan fingerprint density at radius 2 is 1.70 bits per heavy atom. The van der Waals surface area contributed by atoms with Crippen molar-refractivity contribution in [3.63, 3.8) is 0 Å². The Balaban J connectivity index is 1.59. The summed E-state index contributed by atoms with van der Waals surface area (Å²) < 4.78 is 45.8. The topological polar surface area (TPSA) is 21.7 Å². The predicted octanol–water partition coefficient (Wildman–Crippen LogP) is 8.23. The van der Waals surface area contributed by atoms with Gasteiger partial charge in [0.2, 0.25) is 0 Å². The average Bonchev–Trinajstić information content (AvgIpc) is 2.81. The van der Waals surface area contributed by atoms with E-state index in [1.807, 2.05) is 18.2 Å². The minimum atomic E-state index is -4.41. The van der Waals surface area contributed by atoms with E-state index in [4.69, 9.17) is 21.2 Å². The largest absolute Gasteiger partial charge is 0.457 e. The van der Waals surface area contributed by atoms with Gasteiger partial charge in [0.15, 0.2) is 0 Å². The van der Waals surface area contributed by atoms with E-state index >= 15 is 0 Å². The Morgan fingerprint density at radius 3 is 2.33 bits per heavy atom. The fourth-order valence-electron chi connectivity index (χ4n) is 3.90. The maximum atomic E-state index is 13.3. The molecular weight excluding hydrogens is 451 g/mol. The average molecular weight is 474 g/mol. The van der Waals surface area contributed by atoms with Crippen LogP contribution in [0.2, 0.25) is 5.02 Å². The molecule has 0 unspecified atom stereocenters. The fourth-order valence-corrected chi connectivity index (χ4v) is 4.03. The number of allylic oxidation sites excluding steroid dienone is 1. The van der Waals surface area contributed by atoms with Crippen LogP contribution in [-0.4, -0.2) is 6.61 Å². The first kappa shape index (κ1) is 23.2. The summed E-state index contributed by atoms with van der Waals surface area (Å²) in [5, 5.41) is 2.32. The molecule has 1 aliphatic rings. The molecule has 7 heteroatoms. The number of alkyl halides is 3. The fraction of sp³-hybridized carbons (Fsp3) is 0.231. The van der Waals surface area contributed by atoms with Gasteiger partial charge in [-0.15, -0.1) is 6.58 Å². The van der Waals surface area contributed by atoms with E-state index in [1.54, 1.807) is 47.5 Å². The van der Waals surface area contributed by atoms with Crippen LogP contribution in [0, 0.1) is 5.92 Å². The number of nitrogens with zero attached hydrogens (tertiary/aromatic N) is 1. The van der Waals surface area contributed by atoms with Crippen LogP contribution < -0.4 is 9.80 Å². The van der Waals surface area contributed by atoms with Gasteiger partial charge in [-0.25, -0.2) is 5.06 Å². The monoisotopic (exact) mass is 473 g/mol. The number of hydrogen-bond donors (Lipinski definition) is 0. The third-order valence-corrected chi connectivity index (χ3v) is 5.78. The van der Waals surface area contributed by atoms with E-state index < -0.39 is 11.7 Å². The van der Waals surface area contributed by atoms with Crippen molar-refractivity contribution in [2.45, 2.75) is 25.1 Å². The Kier molecular flexibility index (Phi) is 6.96. The molecule has 1 aliphatic heterocycles. The molecule has 4 rings (SSSR count). The quantitative estimate of drug-likeness (QED) is 0.336. The minimum absolute atomic E-state index is 0.172. The van der Waals surface area contributed by atoms with Gasteiger partial charge in [-0.2, -0.15) is 13.2 Å².